The summed E-state index contributed by atoms with van der Waals surface area (Å²) in [6, 6.07) is 0. The van der Waals surface area contributed by atoms with Crippen LogP contribution in [0.3, 0.4) is 0 Å². The maximum Gasteiger partial charge on any atom is 0.226 e. The average Bonchev–Trinajstić information content (AvgIpc) is 2.25. The Hall–Kier alpha value is -0.120. The number of rotatable bonds is 9. The topological polar surface area (TPSA) is 21.7 Å². The summed E-state index contributed by atoms with van der Waals surface area (Å²) < 4.78 is 11.7. The van der Waals surface area contributed by atoms with E-state index in [0.717, 1.165) is 39.1 Å². The lowest BCUT2D eigenvalue weighted by Gasteiger charge is -2.39. The van der Waals surface area contributed by atoms with Crippen molar-refractivity contribution in [3.8, 4) is 0 Å². The van der Waals surface area contributed by atoms with Crippen LogP contribution in [0.25, 0.3) is 0 Å². The van der Waals surface area contributed by atoms with Crippen molar-refractivity contribution in [1.82, 2.24) is 4.90 Å². The Labute approximate surface area is 94.7 Å². The lowest BCUT2D eigenvalue weighted by molar-refractivity contribution is -0.305. The Morgan fingerprint density at radius 1 is 0.867 bits per heavy atom. The standard InChI is InChI=1S/C12H27NO2/c1-6-10-14-12(5,15-11-7-2)13(8-3)9-4/h6-11H2,1-5H3. The van der Waals surface area contributed by atoms with Gasteiger partial charge in [0.2, 0.25) is 5.91 Å². The monoisotopic (exact) mass is 217 g/mol. The highest BCUT2D eigenvalue weighted by atomic mass is 16.7. The van der Waals surface area contributed by atoms with Crippen molar-refractivity contribution in [2.75, 3.05) is 26.3 Å². The van der Waals surface area contributed by atoms with Crippen LogP contribution in [0.1, 0.15) is 47.5 Å². The van der Waals surface area contributed by atoms with Gasteiger partial charge in [0.05, 0.1) is 13.2 Å². The molecule has 3 nitrogen and oxygen atoms in total. The molecule has 0 rings (SSSR count). The maximum absolute atomic E-state index is 5.83. The van der Waals surface area contributed by atoms with Gasteiger partial charge >= 0.3 is 0 Å². The van der Waals surface area contributed by atoms with Crippen molar-refractivity contribution in [2.24, 2.45) is 0 Å². The number of hydrogen-bond donors (Lipinski definition) is 0. The molecule has 0 aromatic carbocycles. The fourth-order valence-electron chi connectivity index (χ4n) is 1.61. The highest BCUT2D eigenvalue weighted by Crippen LogP contribution is 2.19. The number of ether oxygens (including phenoxy) is 2. The van der Waals surface area contributed by atoms with E-state index in [9.17, 15) is 0 Å². The summed E-state index contributed by atoms with van der Waals surface area (Å²) in [5, 5.41) is 0. The van der Waals surface area contributed by atoms with E-state index in [1.54, 1.807) is 0 Å². The van der Waals surface area contributed by atoms with Gasteiger partial charge in [0.1, 0.15) is 0 Å². The van der Waals surface area contributed by atoms with Crippen molar-refractivity contribution >= 4 is 0 Å². The predicted molar refractivity (Wildman–Crippen MR) is 63.8 cm³/mol. The number of hydrogen-bond acceptors (Lipinski definition) is 3. The van der Waals surface area contributed by atoms with Gasteiger partial charge in [-0.15, -0.1) is 0 Å². The van der Waals surface area contributed by atoms with Gasteiger partial charge in [-0.05, 0) is 12.8 Å². The van der Waals surface area contributed by atoms with E-state index in [1.165, 1.54) is 0 Å². The lowest BCUT2D eigenvalue weighted by atomic mass is 10.4. The molecular weight excluding hydrogens is 190 g/mol. The summed E-state index contributed by atoms with van der Waals surface area (Å²) in [4.78, 5) is 2.21. The molecule has 0 saturated heterocycles. The fourth-order valence-corrected chi connectivity index (χ4v) is 1.61. The van der Waals surface area contributed by atoms with Gasteiger partial charge in [-0.2, -0.15) is 0 Å². The fraction of sp³-hybridized carbons (Fsp3) is 1.00. The predicted octanol–water partition coefficient (Wildman–Crippen LogP) is 2.86. The van der Waals surface area contributed by atoms with Crippen LogP contribution in [0.2, 0.25) is 0 Å². The van der Waals surface area contributed by atoms with Crippen LogP contribution in [0.15, 0.2) is 0 Å². The van der Waals surface area contributed by atoms with E-state index < -0.39 is 5.91 Å². The van der Waals surface area contributed by atoms with Gasteiger partial charge in [0, 0.05) is 20.0 Å². The van der Waals surface area contributed by atoms with Crippen LogP contribution < -0.4 is 0 Å². The zero-order valence-corrected chi connectivity index (χ0v) is 11.0. The Morgan fingerprint density at radius 2 is 1.27 bits per heavy atom. The Bertz CT molecular complexity index is 139. The van der Waals surface area contributed by atoms with Gasteiger partial charge in [-0.1, -0.05) is 27.7 Å². The van der Waals surface area contributed by atoms with Gasteiger partial charge in [0.15, 0.2) is 0 Å². The Kier molecular flexibility index (Phi) is 8.02. The second-order valence-electron chi connectivity index (χ2n) is 3.77. The summed E-state index contributed by atoms with van der Waals surface area (Å²) in [6.45, 7) is 13.9. The minimum atomic E-state index is -0.546. The van der Waals surface area contributed by atoms with Crippen molar-refractivity contribution in [3.63, 3.8) is 0 Å². The Morgan fingerprint density at radius 3 is 1.53 bits per heavy atom. The molecule has 0 radical (unpaired) electrons. The smallest absolute Gasteiger partial charge is 0.226 e. The molecule has 92 valence electrons. The zero-order chi connectivity index (χ0) is 11.7. The normalized spacial score (nSPS) is 12.4. The molecule has 0 atom stereocenters. The van der Waals surface area contributed by atoms with Crippen molar-refractivity contribution in [1.29, 1.82) is 0 Å². The minimum absolute atomic E-state index is 0.546. The molecule has 0 heterocycles. The molecule has 0 spiro atoms. The van der Waals surface area contributed by atoms with Crippen LogP contribution in [-0.2, 0) is 9.47 Å². The van der Waals surface area contributed by atoms with Gasteiger partial charge in [-0.25, -0.2) is 0 Å². The first kappa shape index (κ1) is 14.9. The highest BCUT2D eigenvalue weighted by molar-refractivity contribution is 4.65. The third-order valence-electron chi connectivity index (χ3n) is 2.49. The summed E-state index contributed by atoms with van der Waals surface area (Å²) in [7, 11) is 0. The SMILES string of the molecule is CCCOC(C)(OCCC)N(CC)CC. The summed E-state index contributed by atoms with van der Waals surface area (Å²) in [6.07, 6.45) is 2.04. The van der Waals surface area contributed by atoms with Gasteiger partial charge in [-0.3, -0.25) is 4.90 Å². The van der Waals surface area contributed by atoms with Crippen LogP contribution in [0.5, 0.6) is 0 Å². The molecule has 0 aliphatic heterocycles. The first-order chi connectivity index (χ1) is 7.14. The molecule has 0 aliphatic carbocycles. The summed E-state index contributed by atoms with van der Waals surface area (Å²) in [5.41, 5.74) is 0. The molecule has 0 aromatic rings. The first-order valence-electron chi connectivity index (χ1n) is 6.17. The van der Waals surface area contributed by atoms with E-state index in [1.807, 2.05) is 6.92 Å². The third-order valence-corrected chi connectivity index (χ3v) is 2.49. The molecule has 0 amide bonds. The van der Waals surface area contributed by atoms with E-state index >= 15 is 0 Å². The van der Waals surface area contributed by atoms with Crippen LogP contribution in [-0.4, -0.2) is 37.1 Å². The summed E-state index contributed by atoms with van der Waals surface area (Å²) >= 11 is 0. The highest BCUT2D eigenvalue weighted by Gasteiger charge is 2.31. The van der Waals surface area contributed by atoms with Gasteiger partial charge in [0.25, 0.3) is 0 Å². The molecule has 0 aromatic heterocycles. The van der Waals surface area contributed by atoms with Crippen molar-refractivity contribution in [3.05, 3.63) is 0 Å². The number of nitrogens with zero attached hydrogens (tertiary/aromatic N) is 1. The maximum atomic E-state index is 5.83. The molecule has 0 N–H and O–H groups in total. The summed E-state index contributed by atoms with van der Waals surface area (Å²) in [5.74, 6) is -0.546. The molecular formula is C12H27NO2. The molecule has 3 heteroatoms. The first-order valence-corrected chi connectivity index (χ1v) is 6.17. The third kappa shape index (κ3) is 4.96. The molecule has 0 bridgehead atoms. The molecule has 15 heavy (non-hydrogen) atoms. The van der Waals surface area contributed by atoms with Crippen molar-refractivity contribution < 1.29 is 9.47 Å². The van der Waals surface area contributed by atoms with E-state index in [4.69, 9.17) is 9.47 Å². The van der Waals surface area contributed by atoms with Crippen molar-refractivity contribution in [2.45, 2.75) is 53.4 Å². The largest absolute Gasteiger partial charge is 0.337 e. The quantitative estimate of drug-likeness (QED) is 0.554. The minimum Gasteiger partial charge on any atom is -0.337 e. The van der Waals surface area contributed by atoms with E-state index in [0.29, 0.717) is 0 Å². The molecule has 0 fully saturated rings. The molecule has 0 saturated carbocycles. The second-order valence-corrected chi connectivity index (χ2v) is 3.77. The second kappa shape index (κ2) is 8.08. The van der Waals surface area contributed by atoms with Crippen LogP contribution in [0.4, 0.5) is 0 Å². The van der Waals surface area contributed by atoms with Gasteiger partial charge < -0.3 is 9.47 Å². The zero-order valence-electron chi connectivity index (χ0n) is 11.0. The van der Waals surface area contributed by atoms with Crippen LogP contribution in [0, 0.1) is 0 Å². The average molecular weight is 217 g/mol. The Balaban J connectivity index is 4.35. The van der Waals surface area contributed by atoms with E-state index in [2.05, 4.69) is 32.6 Å². The molecule has 0 aliphatic rings. The lowest BCUT2D eigenvalue weighted by Crippen LogP contribution is -2.50. The van der Waals surface area contributed by atoms with Crippen LogP contribution >= 0.6 is 0 Å². The molecule has 0 unspecified atom stereocenters. The van der Waals surface area contributed by atoms with E-state index in [-0.39, 0.29) is 0 Å².